The largest absolute Gasteiger partial charge is 0.444 e. The quantitative estimate of drug-likeness (QED) is 0.778. The summed E-state index contributed by atoms with van der Waals surface area (Å²) in [4.78, 5) is 25.4. The lowest BCUT2D eigenvalue weighted by molar-refractivity contribution is -0.121. The number of ketones is 1. The average molecular weight is 380 g/mol. The fourth-order valence-corrected chi connectivity index (χ4v) is 3.86. The van der Waals surface area contributed by atoms with Gasteiger partial charge >= 0.3 is 6.09 Å². The van der Waals surface area contributed by atoms with Gasteiger partial charge in [0.25, 0.3) is 0 Å². The maximum Gasteiger partial charge on any atom is 0.408 e. The van der Waals surface area contributed by atoms with Gasteiger partial charge in [-0.2, -0.15) is 0 Å². The monoisotopic (exact) mass is 379 g/mol. The van der Waals surface area contributed by atoms with Crippen LogP contribution in [-0.4, -0.2) is 17.5 Å². The minimum atomic E-state index is -0.560. The second kappa shape index (κ2) is 8.17. The van der Waals surface area contributed by atoms with Gasteiger partial charge in [-0.05, 0) is 49.8 Å². The number of nitrogens with one attached hydrogen (secondary N) is 1. The van der Waals surface area contributed by atoms with Gasteiger partial charge in [-0.1, -0.05) is 61.5 Å². The third-order valence-corrected chi connectivity index (χ3v) is 5.26. The van der Waals surface area contributed by atoms with Gasteiger partial charge < -0.3 is 10.1 Å². The van der Waals surface area contributed by atoms with E-state index in [0.717, 1.165) is 17.5 Å². The van der Waals surface area contributed by atoms with Crippen molar-refractivity contribution in [2.24, 2.45) is 5.92 Å². The Morgan fingerprint density at radius 1 is 1.07 bits per heavy atom. The lowest BCUT2D eigenvalue weighted by Crippen LogP contribution is -2.37. The molecule has 2 aromatic rings. The molecule has 4 nitrogen and oxygen atoms in total. The van der Waals surface area contributed by atoms with Crippen molar-refractivity contribution >= 4 is 11.9 Å². The summed E-state index contributed by atoms with van der Waals surface area (Å²) in [6, 6.07) is 17.7. The molecule has 2 aromatic carbocycles. The summed E-state index contributed by atoms with van der Waals surface area (Å²) < 4.78 is 5.45. The average Bonchev–Trinajstić information content (AvgIpc) is 2.97. The van der Waals surface area contributed by atoms with E-state index in [2.05, 4.69) is 11.4 Å². The zero-order valence-electron chi connectivity index (χ0n) is 17.1. The van der Waals surface area contributed by atoms with Crippen LogP contribution in [0.4, 0.5) is 4.79 Å². The normalized spacial score (nSPS) is 19.6. The van der Waals surface area contributed by atoms with Crippen LogP contribution in [0.15, 0.2) is 54.6 Å². The lowest BCUT2D eigenvalue weighted by atomic mass is 9.87. The molecule has 1 N–H and O–H groups in total. The van der Waals surface area contributed by atoms with E-state index in [9.17, 15) is 9.59 Å². The summed E-state index contributed by atoms with van der Waals surface area (Å²) >= 11 is 0. The van der Waals surface area contributed by atoms with Crippen LogP contribution in [0.2, 0.25) is 0 Å². The van der Waals surface area contributed by atoms with Crippen LogP contribution >= 0.6 is 0 Å². The fraction of sp³-hybridized carbons (Fsp3) is 0.417. The van der Waals surface area contributed by atoms with Gasteiger partial charge in [0.1, 0.15) is 11.4 Å². The number of Topliss-reactive ketones (excluding diaryl/α,β-unsaturated/α-hetero) is 1. The molecule has 0 saturated carbocycles. The summed E-state index contributed by atoms with van der Waals surface area (Å²) in [6.45, 7) is 7.49. The van der Waals surface area contributed by atoms with Crippen molar-refractivity contribution in [1.29, 1.82) is 0 Å². The van der Waals surface area contributed by atoms with Gasteiger partial charge in [-0.3, -0.25) is 4.79 Å². The number of benzene rings is 2. The van der Waals surface area contributed by atoms with Crippen molar-refractivity contribution in [3.8, 4) is 0 Å². The van der Waals surface area contributed by atoms with Crippen molar-refractivity contribution in [3.05, 3.63) is 71.3 Å². The first-order valence-electron chi connectivity index (χ1n) is 9.89. The number of amides is 1. The Hall–Kier alpha value is -2.62. The molecule has 0 saturated heterocycles. The summed E-state index contributed by atoms with van der Waals surface area (Å²) in [7, 11) is 0. The summed E-state index contributed by atoms with van der Waals surface area (Å²) in [5.74, 6) is 0.0654. The van der Waals surface area contributed by atoms with Crippen LogP contribution < -0.4 is 5.32 Å². The molecule has 0 bridgehead atoms. The molecule has 4 heteroatoms. The number of hydrogen-bond donors (Lipinski definition) is 1. The lowest BCUT2D eigenvalue weighted by Gasteiger charge is -2.25. The molecule has 3 atom stereocenters. The number of ether oxygens (including phenoxy) is 1. The molecule has 148 valence electrons. The third-order valence-electron chi connectivity index (χ3n) is 5.26. The molecular formula is C24H29NO3. The SMILES string of the molecule is C[C@H](C(=O)C[C@@H]1Cc2ccccc2[C@H]1NC(=O)OC(C)(C)C)c1ccccc1. The van der Waals surface area contributed by atoms with E-state index in [0.29, 0.717) is 6.42 Å². The Morgan fingerprint density at radius 3 is 2.39 bits per heavy atom. The first kappa shape index (κ1) is 20.1. The molecule has 0 radical (unpaired) electrons. The Balaban J connectivity index is 1.75. The predicted molar refractivity (Wildman–Crippen MR) is 110 cm³/mol. The van der Waals surface area contributed by atoms with Crippen molar-refractivity contribution in [2.45, 2.75) is 58.1 Å². The predicted octanol–water partition coefficient (Wildman–Crippen LogP) is 5.19. The van der Waals surface area contributed by atoms with Crippen molar-refractivity contribution < 1.29 is 14.3 Å². The Morgan fingerprint density at radius 2 is 1.71 bits per heavy atom. The third kappa shape index (κ3) is 4.80. The van der Waals surface area contributed by atoms with E-state index in [1.807, 2.05) is 76.2 Å². The van der Waals surface area contributed by atoms with Crippen LogP contribution in [0.5, 0.6) is 0 Å². The summed E-state index contributed by atoms with van der Waals surface area (Å²) in [5, 5.41) is 3.01. The van der Waals surface area contributed by atoms with Gasteiger partial charge in [0.2, 0.25) is 0 Å². The van der Waals surface area contributed by atoms with E-state index in [1.165, 1.54) is 5.56 Å². The highest BCUT2D eigenvalue weighted by Crippen LogP contribution is 2.39. The van der Waals surface area contributed by atoms with Crippen LogP contribution in [0.25, 0.3) is 0 Å². The smallest absolute Gasteiger partial charge is 0.408 e. The highest BCUT2D eigenvalue weighted by atomic mass is 16.6. The van der Waals surface area contributed by atoms with Crippen molar-refractivity contribution in [2.75, 3.05) is 0 Å². The maximum atomic E-state index is 13.0. The van der Waals surface area contributed by atoms with Gasteiger partial charge in [-0.15, -0.1) is 0 Å². The number of fused-ring (bicyclic) bond motifs is 1. The minimum absolute atomic E-state index is 0.0311. The molecule has 0 fully saturated rings. The Bertz CT molecular complexity index is 838. The summed E-state index contributed by atoms with van der Waals surface area (Å²) in [5.41, 5.74) is 2.74. The van der Waals surface area contributed by atoms with Crippen LogP contribution in [0, 0.1) is 5.92 Å². The van der Waals surface area contributed by atoms with E-state index in [4.69, 9.17) is 4.74 Å². The summed E-state index contributed by atoms with van der Waals surface area (Å²) in [6.07, 6.45) is 0.762. The first-order chi connectivity index (χ1) is 13.2. The zero-order chi connectivity index (χ0) is 20.3. The van der Waals surface area contributed by atoms with Crippen molar-refractivity contribution in [1.82, 2.24) is 5.32 Å². The number of carbonyl (C=O) groups is 2. The standard InChI is InChI=1S/C24H29NO3/c1-16(17-10-6-5-7-11-17)21(26)15-19-14-18-12-8-9-13-20(18)22(19)25-23(27)28-24(2,3)4/h5-13,16,19,22H,14-15H2,1-4H3,(H,25,27)/t16-,19-,22-/m0/s1. The fourth-order valence-electron chi connectivity index (χ4n) is 3.86. The molecule has 0 aromatic heterocycles. The van der Waals surface area contributed by atoms with E-state index < -0.39 is 11.7 Å². The van der Waals surface area contributed by atoms with Crippen LogP contribution in [0.3, 0.4) is 0 Å². The number of rotatable bonds is 5. The number of hydrogen-bond acceptors (Lipinski definition) is 3. The molecule has 1 aliphatic rings. The molecule has 0 spiro atoms. The highest BCUT2D eigenvalue weighted by molar-refractivity contribution is 5.85. The van der Waals surface area contributed by atoms with Gasteiger partial charge in [0, 0.05) is 12.3 Å². The van der Waals surface area contributed by atoms with Crippen molar-refractivity contribution in [3.63, 3.8) is 0 Å². The molecule has 1 amide bonds. The Kier molecular flexibility index (Phi) is 5.87. The molecule has 3 rings (SSSR count). The maximum absolute atomic E-state index is 13.0. The topological polar surface area (TPSA) is 55.4 Å². The van der Waals surface area contributed by atoms with E-state index in [-0.39, 0.29) is 23.7 Å². The molecule has 0 unspecified atom stereocenters. The number of alkyl carbamates (subject to hydrolysis) is 1. The van der Waals surface area contributed by atoms with Crippen LogP contribution in [-0.2, 0) is 16.0 Å². The van der Waals surface area contributed by atoms with Gasteiger partial charge in [0.15, 0.2) is 0 Å². The highest BCUT2D eigenvalue weighted by Gasteiger charge is 2.36. The molecule has 0 heterocycles. The molecular weight excluding hydrogens is 350 g/mol. The molecule has 28 heavy (non-hydrogen) atoms. The number of carbonyl (C=O) groups excluding carboxylic acids is 2. The first-order valence-corrected chi connectivity index (χ1v) is 9.89. The zero-order valence-corrected chi connectivity index (χ0v) is 17.1. The molecule has 0 aliphatic heterocycles. The van der Waals surface area contributed by atoms with E-state index >= 15 is 0 Å². The molecule has 1 aliphatic carbocycles. The van der Waals surface area contributed by atoms with Gasteiger partial charge in [-0.25, -0.2) is 4.79 Å². The van der Waals surface area contributed by atoms with E-state index in [1.54, 1.807) is 0 Å². The second-order valence-electron chi connectivity index (χ2n) is 8.59. The van der Waals surface area contributed by atoms with Crippen LogP contribution in [0.1, 0.15) is 62.8 Å². The van der Waals surface area contributed by atoms with Gasteiger partial charge in [0.05, 0.1) is 6.04 Å². The minimum Gasteiger partial charge on any atom is -0.444 e. The Labute approximate surface area is 167 Å². The second-order valence-corrected chi connectivity index (χ2v) is 8.59.